The van der Waals surface area contributed by atoms with E-state index in [4.69, 9.17) is 16.2 Å². The number of aryl methyl sites for hydroxylation is 1. The van der Waals surface area contributed by atoms with E-state index < -0.39 is 0 Å². The minimum absolute atomic E-state index is 0.0576. The Kier molecular flexibility index (Phi) is 4.76. The van der Waals surface area contributed by atoms with Crippen molar-refractivity contribution in [2.24, 2.45) is 5.73 Å². The Hall–Kier alpha value is -1.07. The average Bonchev–Trinajstić information content (AvgIpc) is 2.16. The van der Waals surface area contributed by atoms with Crippen molar-refractivity contribution in [2.45, 2.75) is 30.5 Å². The second-order valence-corrected chi connectivity index (χ2v) is 5.15. The predicted molar refractivity (Wildman–Crippen MR) is 67.0 cm³/mol. The minimum Gasteiger partial charge on any atom is -0.396 e. The van der Waals surface area contributed by atoms with Crippen molar-refractivity contribution in [1.29, 1.82) is 5.41 Å². The minimum atomic E-state index is 0.0576. The second kappa shape index (κ2) is 5.86. The normalized spacial score (nSPS) is 12.4. The Morgan fingerprint density at radius 2 is 2.31 bits per heavy atom. The first-order valence-electron chi connectivity index (χ1n) is 5.13. The molecule has 0 amide bonds. The number of hydrogen-bond donors (Lipinski definition) is 3. The number of pyridine rings is 1. The maximum Gasteiger partial charge on any atom is 0.122 e. The van der Waals surface area contributed by atoms with E-state index in [0.29, 0.717) is 10.8 Å². The lowest BCUT2D eigenvalue weighted by atomic mass is 10.2. The quantitative estimate of drug-likeness (QED) is 0.413. The van der Waals surface area contributed by atoms with E-state index in [2.05, 4.69) is 4.98 Å². The van der Waals surface area contributed by atoms with Crippen LogP contribution in [0.2, 0.25) is 0 Å². The van der Waals surface area contributed by atoms with Crippen LogP contribution in [0.3, 0.4) is 0 Å². The fraction of sp³-hybridized carbons (Fsp3) is 0.455. The molecule has 1 aromatic heterocycles. The summed E-state index contributed by atoms with van der Waals surface area (Å²) in [5.74, 6) is 0.0576. The van der Waals surface area contributed by atoms with Crippen molar-refractivity contribution in [3.63, 3.8) is 0 Å². The van der Waals surface area contributed by atoms with E-state index in [0.717, 1.165) is 17.1 Å². The first-order valence-corrected chi connectivity index (χ1v) is 6.01. The van der Waals surface area contributed by atoms with E-state index >= 15 is 0 Å². The first kappa shape index (κ1) is 13.0. The number of aliphatic hydroxyl groups excluding tert-OH is 1. The molecular weight excluding hydrogens is 222 g/mol. The fourth-order valence-electron chi connectivity index (χ4n) is 1.30. The zero-order chi connectivity index (χ0) is 12.1. The maximum absolute atomic E-state index is 8.82. The molecule has 1 atom stereocenters. The van der Waals surface area contributed by atoms with Crippen LogP contribution in [0.25, 0.3) is 0 Å². The molecule has 0 fully saturated rings. The van der Waals surface area contributed by atoms with E-state index in [1.165, 1.54) is 0 Å². The van der Waals surface area contributed by atoms with E-state index in [9.17, 15) is 0 Å². The van der Waals surface area contributed by atoms with Crippen LogP contribution in [0, 0.1) is 12.3 Å². The van der Waals surface area contributed by atoms with Gasteiger partial charge in [0.2, 0.25) is 0 Å². The van der Waals surface area contributed by atoms with Crippen LogP contribution in [0.4, 0.5) is 0 Å². The molecule has 1 unspecified atom stereocenters. The third kappa shape index (κ3) is 3.83. The van der Waals surface area contributed by atoms with Crippen LogP contribution in [0.5, 0.6) is 0 Å². The summed E-state index contributed by atoms with van der Waals surface area (Å²) in [5, 5.41) is 17.4. The molecule has 4 N–H and O–H groups in total. The summed E-state index contributed by atoms with van der Waals surface area (Å²) in [6.45, 7) is 4.10. The largest absolute Gasteiger partial charge is 0.396 e. The number of aromatic nitrogens is 1. The number of nitrogens with zero attached hydrogens (tertiary/aromatic N) is 1. The Labute approximate surface area is 99.8 Å². The number of rotatable bonds is 5. The van der Waals surface area contributed by atoms with Gasteiger partial charge >= 0.3 is 0 Å². The van der Waals surface area contributed by atoms with Gasteiger partial charge in [0, 0.05) is 23.1 Å². The maximum atomic E-state index is 8.82. The summed E-state index contributed by atoms with van der Waals surface area (Å²) in [6.07, 6.45) is 0.732. The third-order valence-electron chi connectivity index (χ3n) is 2.10. The molecule has 1 heterocycles. The molecule has 16 heavy (non-hydrogen) atoms. The number of thioether (sulfide) groups is 1. The highest BCUT2D eigenvalue weighted by atomic mass is 32.2. The summed E-state index contributed by atoms with van der Waals surface area (Å²) >= 11 is 1.59. The van der Waals surface area contributed by atoms with Gasteiger partial charge in [-0.1, -0.05) is 6.92 Å². The number of nitrogens with one attached hydrogen (secondary N) is 1. The lowest BCUT2D eigenvalue weighted by molar-refractivity contribution is 0.289. The topological polar surface area (TPSA) is 83.0 Å². The number of nitrogens with two attached hydrogens (primary N) is 1. The van der Waals surface area contributed by atoms with Gasteiger partial charge < -0.3 is 10.8 Å². The van der Waals surface area contributed by atoms with Gasteiger partial charge in [-0.05, 0) is 25.5 Å². The molecule has 0 aliphatic rings. The number of nitrogen functional groups attached to an aromatic ring is 1. The van der Waals surface area contributed by atoms with Crippen molar-refractivity contribution in [2.75, 3.05) is 6.61 Å². The van der Waals surface area contributed by atoms with Crippen LogP contribution in [0.1, 0.15) is 24.6 Å². The summed E-state index contributed by atoms with van der Waals surface area (Å²) in [7, 11) is 0. The van der Waals surface area contributed by atoms with Crippen LogP contribution < -0.4 is 5.73 Å². The summed E-state index contributed by atoms with van der Waals surface area (Å²) in [5.41, 5.74) is 7.00. The Morgan fingerprint density at radius 1 is 1.62 bits per heavy atom. The monoisotopic (exact) mass is 239 g/mol. The molecule has 0 saturated heterocycles. The molecule has 0 radical (unpaired) electrons. The van der Waals surface area contributed by atoms with Crippen molar-refractivity contribution in [3.05, 3.63) is 23.4 Å². The second-order valence-electron chi connectivity index (χ2n) is 3.69. The molecule has 0 spiro atoms. The highest BCUT2D eigenvalue weighted by molar-refractivity contribution is 7.99. The van der Waals surface area contributed by atoms with E-state index in [1.807, 2.05) is 19.9 Å². The first-order chi connectivity index (χ1) is 7.52. The standard InChI is InChI=1S/C11H17N3OS/c1-7-5-9(11(12)13)6-10(14-7)16-8(2)3-4-15/h5-6,8,15H,3-4H2,1-2H3,(H3,12,13). The van der Waals surface area contributed by atoms with Gasteiger partial charge in [0.25, 0.3) is 0 Å². The van der Waals surface area contributed by atoms with Gasteiger partial charge in [-0.15, -0.1) is 11.8 Å². The van der Waals surface area contributed by atoms with E-state index in [1.54, 1.807) is 17.8 Å². The van der Waals surface area contributed by atoms with E-state index in [-0.39, 0.29) is 12.4 Å². The summed E-state index contributed by atoms with van der Waals surface area (Å²) in [6, 6.07) is 3.61. The van der Waals surface area contributed by atoms with Crippen LogP contribution >= 0.6 is 11.8 Å². The lowest BCUT2D eigenvalue weighted by Crippen LogP contribution is -2.12. The van der Waals surface area contributed by atoms with Gasteiger partial charge in [0.1, 0.15) is 5.84 Å². The molecule has 0 saturated carbocycles. The zero-order valence-electron chi connectivity index (χ0n) is 9.53. The van der Waals surface area contributed by atoms with Gasteiger partial charge in [0.05, 0.1) is 5.03 Å². The lowest BCUT2D eigenvalue weighted by Gasteiger charge is -2.10. The van der Waals surface area contributed by atoms with Crippen molar-refractivity contribution in [3.8, 4) is 0 Å². The smallest absolute Gasteiger partial charge is 0.122 e. The summed E-state index contributed by atoms with van der Waals surface area (Å²) in [4.78, 5) is 4.37. The molecule has 1 aromatic rings. The predicted octanol–water partition coefficient (Wildman–Crippen LogP) is 1.54. The van der Waals surface area contributed by atoms with Gasteiger partial charge in [-0.2, -0.15) is 0 Å². The molecule has 4 nitrogen and oxygen atoms in total. The zero-order valence-corrected chi connectivity index (χ0v) is 10.3. The number of aliphatic hydroxyl groups is 1. The Morgan fingerprint density at radius 3 is 2.88 bits per heavy atom. The van der Waals surface area contributed by atoms with Gasteiger partial charge in [0.15, 0.2) is 0 Å². The van der Waals surface area contributed by atoms with Crippen LogP contribution in [-0.4, -0.2) is 27.8 Å². The Balaban J connectivity index is 2.84. The average molecular weight is 239 g/mol. The Bertz CT molecular complexity index is 381. The number of hydrogen-bond acceptors (Lipinski definition) is 4. The van der Waals surface area contributed by atoms with Crippen molar-refractivity contribution < 1.29 is 5.11 Å². The molecule has 5 heteroatoms. The fourth-order valence-corrected chi connectivity index (χ4v) is 2.33. The summed E-state index contributed by atoms with van der Waals surface area (Å²) < 4.78 is 0. The molecule has 0 bridgehead atoms. The molecule has 0 aliphatic carbocycles. The molecular formula is C11H17N3OS. The highest BCUT2D eigenvalue weighted by Crippen LogP contribution is 2.24. The molecule has 0 aromatic carbocycles. The molecule has 0 aliphatic heterocycles. The van der Waals surface area contributed by atoms with Crippen LogP contribution in [-0.2, 0) is 0 Å². The SMILES string of the molecule is Cc1cc(C(=N)N)cc(SC(C)CCO)n1. The highest BCUT2D eigenvalue weighted by Gasteiger charge is 2.07. The van der Waals surface area contributed by atoms with Gasteiger partial charge in [-0.25, -0.2) is 4.98 Å². The molecule has 88 valence electrons. The van der Waals surface area contributed by atoms with Crippen molar-refractivity contribution in [1.82, 2.24) is 4.98 Å². The third-order valence-corrected chi connectivity index (χ3v) is 3.19. The van der Waals surface area contributed by atoms with Crippen molar-refractivity contribution >= 4 is 17.6 Å². The molecule has 1 rings (SSSR count). The number of amidine groups is 1. The van der Waals surface area contributed by atoms with Gasteiger partial charge in [-0.3, -0.25) is 5.41 Å². The van der Waals surface area contributed by atoms with Crippen LogP contribution in [0.15, 0.2) is 17.2 Å².